The Morgan fingerprint density at radius 3 is 2.27 bits per heavy atom. The number of fused-ring (bicyclic) bond motifs is 2. The van der Waals surface area contributed by atoms with Crippen LogP contribution in [0, 0.1) is 23.1 Å². The predicted molar refractivity (Wildman–Crippen MR) is 115 cm³/mol. The number of esters is 1. The molecule has 0 aliphatic heterocycles. The lowest BCUT2D eigenvalue weighted by Crippen LogP contribution is -2.24. The molecule has 0 aromatic heterocycles. The number of nitrogens with zero attached hydrogens (tertiary/aromatic N) is 1. The standard InChI is InChI=1S/C26H20FNO2/c1-2-30-26(29)23(16-28)25(21-13-7-9-17-8-3-4-10-18(17)21)22-14-15-24(27)20-12-6-5-11-19(20)22/h3-15,23,25H,2H2,1H3. The summed E-state index contributed by atoms with van der Waals surface area (Å²) < 4.78 is 19.7. The maximum Gasteiger partial charge on any atom is 0.324 e. The van der Waals surface area contributed by atoms with Crippen LogP contribution in [0.1, 0.15) is 24.0 Å². The third kappa shape index (κ3) is 3.40. The minimum atomic E-state index is -1.07. The summed E-state index contributed by atoms with van der Waals surface area (Å²) in [4.78, 5) is 12.8. The molecule has 0 aliphatic rings. The number of halogens is 1. The van der Waals surface area contributed by atoms with Gasteiger partial charge in [0.2, 0.25) is 0 Å². The number of carbonyl (C=O) groups is 1. The van der Waals surface area contributed by atoms with Gasteiger partial charge in [0.25, 0.3) is 0 Å². The molecule has 0 saturated carbocycles. The molecule has 0 bridgehead atoms. The molecule has 0 N–H and O–H groups in total. The van der Waals surface area contributed by atoms with Gasteiger partial charge in [0.1, 0.15) is 5.82 Å². The number of carbonyl (C=O) groups excluding carboxylic acids is 1. The minimum absolute atomic E-state index is 0.184. The fraction of sp³-hybridized carbons (Fsp3) is 0.154. The maximum absolute atomic E-state index is 14.5. The normalized spacial score (nSPS) is 13.0. The van der Waals surface area contributed by atoms with Crippen LogP contribution in [-0.2, 0) is 9.53 Å². The average molecular weight is 397 g/mol. The van der Waals surface area contributed by atoms with Crippen LogP contribution in [-0.4, -0.2) is 12.6 Å². The second-order valence-electron chi connectivity index (χ2n) is 7.09. The molecule has 0 amide bonds. The number of rotatable bonds is 5. The van der Waals surface area contributed by atoms with Gasteiger partial charge in [-0.15, -0.1) is 0 Å². The summed E-state index contributed by atoms with van der Waals surface area (Å²) in [5, 5.41) is 13.1. The lowest BCUT2D eigenvalue weighted by Gasteiger charge is -2.25. The minimum Gasteiger partial charge on any atom is -0.465 e. The number of benzene rings is 4. The van der Waals surface area contributed by atoms with Crippen molar-refractivity contribution in [2.75, 3.05) is 6.61 Å². The molecule has 0 heterocycles. The predicted octanol–water partition coefficient (Wildman–Crippen LogP) is 5.97. The SMILES string of the molecule is CCOC(=O)C(C#N)C(c1cccc2ccccc12)c1ccc(F)c2ccccc12. The highest BCUT2D eigenvalue weighted by Crippen LogP contribution is 2.40. The van der Waals surface area contributed by atoms with Crippen molar-refractivity contribution >= 4 is 27.5 Å². The fourth-order valence-electron chi connectivity index (χ4n) is 4.10. The molecule has 4 rings (SSSR count). The molecule has 3 nitrogen and oxygen atoms in total. The molecule has 2 unspecified atom stereocenters. The highest BCUT2D eigenvalue weighted by Gasteiger charge is 2.34. The molecular formula is C26H20FNO2. The van der Waals surface area contributed by atoms with E-state index < -0.39 is 17.8 Å². The van der Waals surface area contributed by atoms with Crippen molar-refractivity contribution in [3.63, 3.8) is 0 Å². The van der Waals surface area contributed by atoms with Gasteiger partial charge in [0, 0.05) is 11.3 Å². The monoisotopic (exact) mass is 397 g/mol. The molecule has 4 aromatic carbocycles. The van der Waals surface area contributed by atoms with Gasteiger partial charge >= 0.3 is 5.97 Å². The molecule has 0 radical (unpaired) electrons. The zero-order valence-corrected chi connectivity index (χ0v) is 16.5. The van der Waals surface area contributed by atoms with E-state index in [1.807, 2.05) is 54.6 Å². The summed E-state index contributed by atoms with van der Waals surface area (Å²) in [7, 11) is 0. The Morgan fingerprint density at radius 2 is 1.53 bits per heavy atom. The number of hydrogen-bond acceptors (Lipinski definition) is 3. The smallest absolute Gasteiger partial charge is 0.324 e. The highest BCUT2D eigenvalue weighted by atomic mass is 19.1. The van der Waals surface area contributed by atoms with Gasteiger partial charge in [-0.1, -0.05) is 72.8 Å². The Morgan fingerprint density at radius 1 is 0.900 bits per heavy atom. The van der Waals surface area contributed by atoms with E-state index >= 15 is 0 Å². The first kappa shape index (κ1) is 19.6. The number of hydrogen-bond donors (Lipinski definition) is 0. The van der Waals surface area contributed by atoms with E-state index in [0.29, 0.717) is 10.8 Å². The maximum atomic E-state index is 14.5. The van der Waals surface area contributed by atoms with Gasteiger partial charge in [-0.05, 0) is 40.3 Å². The molecule has 2 atom stereocenters. The van der Waals surface area contributed by atoms with E-state index in [4.69, 9.17) is 4.74 Å². The lowest BCUT2D eigenvalue weighted by atomic mass is 9.77. The average Bonchev–Trinajstić information content (AvgIpc) is 2.78. The van der Waals surface area contributed by atoms with Crippen LogP contribution in [0.2, 0.25) is 0 Å². The van der Waals surface area contributed by atoms with Gasteiger partial charge in [-0.25, -0.2) is 4.39 Å². The zero-order valence-electron chi connectivity index (χ0n) is 16.5. The van der Waals surface area contributed by atoms with E-state index in [0.717, 1.165) is 21.9 Å². The Balaban J connectivity index is 2.04. The molecule has 0 aliphatic carbocycles. The summed E-state index contributed by atoms with van der Waals surface area (Å²) in [5.41, 5.74) is 1.56. The van der Waals surface area contributed by atoms with E-state index in [2.05, 4.69) is 6.07 Å². The lowest BCUT2D eigenvalue weighted by molar-refractivity contribution is -0.146. The third-order valence-electron chi connectivity index (χ3n) is 5.41. The van der Waals surface area contributed by atoms with Crippen molar-refractivity contribution in [2.45, 2.75) is 12.8 Å². The molecular weight excluding hydrogens is 377 g/mol. The second-order valence-corrected chi connectivity index (χ2v) is 7.09. The summed E-state index contributed by atoms with van der Waals surface area (Å²) in [6, 6.07) is 26.0. The van der Waals surface area contributed by atoms with Gasteiger partial charge in [-0.2, -0.15) is 5.26 Å². The molecule has 4 heteroatoms. The summed E-state index contributed by atoms with van der Waals surface area (Å²) in [6.07, 6.45) is 0. The number of nitriles is 1. The van der Waals surface area contributed by atoms with E-state index in [1.54, 1.807) is 25.1 Å². The zero-order chi connectivity index (χ0) is 21.1. The van der Waals surface area contributed by atoms with Crippen LogP contribution in [0.5, 0.6) is 0 Å². The first-order valence-corrected chi connectivity index (χ1v) is 9.86. The first-order valence-electron chi connectivity index (χ1n) is 9.86. The van der Waals surface area contributed by atoms with Crippen molar-refractivity contribution < 1.29 is 13.9 Å². The topological polar surface area (TPSA) is 50.1 Å². The first-order chi connectivity index (χ1) is 14.7. The molecule has 0 fully saturated rings. The summed E-state index contributed by atoms with van der Waals surface area (Å²) in [6.45, 7) is 1.90. The van der Waals surface area contributed by atoms with Crippen LogP contribution in [0.15, 0.2) is 78.9 Å². The third-order valence-corrected chi connectivity index (χ3v) is 5.41. The fourth-order valence-corrected chi connectivity index (χ4v) is 4.10. The van der Waals surface area contributed by atoms with Crippen molar-refractivity contribution in [1.82, 2.24) is 0 Å². The quantitative estimate of drug-likeness (QED) is 0.390. The van der Waals surface area contributed by atoms with Crippen LogP contribution >= 0.6 is 0 Å². The Hall–Kier alpha value is -3.71. The summed E-state index contributed by atoms with van der Waals surface area (Å²) in [5.74, 6) is -2.59. The van der Waals surface area contributed by atoms with Gasteiger partial charge in [0.05, 0.1) is 12.7 Å². The van der Waals surface area contributed by atoms with Gasteiger partial charge in [0.15, 0.2) is 5.92 Å². The molecule has 0 spiro atoms. The van der Waals surface area contributed by atoms with E-state index in [9.17, 15) is 14.4 Å². The van der Waals surface area contributed by atoms with Crippen LogP contribution in [0.3, 0.4) is 0 Å². The van der Waals surface area contributed by atoms with Gasteiger partial charge in [-0.3, -0.25) is 4.79 Å². The van der Waals surface area contributed by atoms with Crippen LogP contribution in [0.4, 0.5) is 4.39 Å². The Bertz CT molecular complexity index is 1270. The van der Waals surface area contributed by atoms with E-state index in [1.165, 1.54) is 6.07 Å². The van der Waals surface area contributed by atoms with Crippen LogP contribution in [0.25, 0.3) is 21.5 Å². The van der Waals surface area contributed by atoms with Crippen molar-refractivity contribution in [1.29, 1.82) is 5.26 Å². The Labute approximate surface area is 174 Å². The molecule has 30 heavy (non-hydrogen) atoms. The molecule has 4 aromatic rings. The summed E-state index contributed by atoms with van der Waals surface area (Å²) >= 11 is 0. The van der Waals surface area contributed by atoms with Crippen molar-refractivity contribution in [3.05, 3.63) is 95.8 Å². The van der Waals surface area contributed by atoms with E-state index in [-0.39, 0.29) is 12.4 Å². The van der Waals surface area contributed by atoms with Gasteiger partial charge < -0.3 is 4.74 Å². The Kier molecular flexibility index (Phi) is 5.45. The molecule has 0 saturated heterocycles. The van der Waals surface area contributed by atoms with Crippen molar-refractivity contribution in [2.24, 2.45) is 5.92 Å². The number of ether oxygens (including phenoxy) is 1. The second kappa shape index (κ2) is 8.34. The molecule has 148 valence electrons. The van der Waals surface area contributed by atoms with Crippen molar-refractivity contribution in [3.8, 4) is 6.07 Å². The van der Waals surface area contributed by atoms with Crippen LogP contribution < -0.4 is 0 Å². The largest absolute Gasteiger partial charge is 0.465 e. The highest BCUT2D eigenvalue weighted by molar-refractivity contribution is 5.92.